The highest BCUT2D eigenvalue weighted by molar-refractivity contribution is 5.95. The summed E-state index contributed by atoms with van der Waals surface area (Å²) in [5, 5.41) is 12.1. The van der Waals surface area contributed by atoms with Gasteiger partial charge in [0, 0.05) is 11.3 Å². The molecule has 0 bridgehead atoms. The van der Waals surface area contributed by atoms with Crippen LogP contribution in [0.1, 0.15) is 47.7 Å². The molecule has 0 aliphatic heterocycles. The minimum absolute atomic E-state index is 0.0280. The van der Waals surface area contributed by atoms with Crippen LogP contribution in [0.15, 0.2) is 36.4 Å². The molecule has 0 amide bonds. The normalized spacial score (nSPS) is 11.1. The summed E-state index contributed by atoms with van der Waals surface area (Å²) in [7, 11) is 0. The Bertz CT molecular complexity index is 730. The van der Waals surface area contributed by atoms with Crippen LogP contribution < -0.4 is 5.32 Å². The average Bonchev–Trinajstić information content (AvgIpc) is 2.48. The Hall–Kier alpha value is -2.50. The van der Waals surface area contributed by atoms with Crippen LogP contribution in [0, 0.1) is 5.82 Å². The minimum atomic E-state index is -2.71. The van der Waals surface area contributed by atoms with E-state index in [1.54, 1.807) is 0 Å². The molecule has 122 valence electrons. The van der Waals surface area contributed by atoms with E-state index in [0.29, 0.717) is 11.3 Å². The zero-order valence-electron chi connectivity index (χ0n) is 12.6. The van der Waals surface area contributed by atoms with E-state index >= 15 is 0 Å². The molecule has 0 heterocycles. The summed E-state index contributed by atoms with van der Waals surface area (Å²) in [6.45, 7) is 3.71. The third-order valence-electron chi connectivity index (χ3n) is 3.43. The maximum Gasteiger partial charge on any atom is 0.337 e. The van der Waals surface area contributed by atoms with Crippen molar-refractivity contribution in [1.82, 2.24) is 0 Å². The van der Waals surface area contributed by atoms with Crippen LogP contribution >= 0.6 is 0 Å². The summed E-state index contributed by atoms with van der Waals surface area (Å²) < 4.78 is 39.1. The summed E-state index contributed by atoms with van der Waals surface area (Å²) in [4.78, 5) is 11.3. The number of hydrogen-bond acceptors (Lipinski definition) is 2. The van der Waals surface area contributed by atoms with E-state index < -0.39 is 18.2 Å². The topological polar surface area (TPSA) is 49.3 Å². The molecule has 2 rings (SSSR count). The van der Waals surface area contributed by atoms with Gasteiger partial charge in [-0.3, -0.25) is 0 Å². The first-order valence-electron chi connectivity index (χ1n) is 7.01. The quantitative estimate of drug-likeness (QED) is 0.782. The van der Waals surface area contributed by atoms with Gasteiger partial charge in [0.15, 0.2) is 0 Å². The molecule has 0 atom stereocenters. The second kappa shape index (κ2) is 6.73. The smallest absolute Gasteiger partial charge is 0.337 e. The Morgan fingerprint density at radius 1 is 1.09 bits per heavy atom. The van der Waals surface area contributed by atoms with Gasteiger partial charge in [-0.2, -0.15) is 0 Å². The van der Waals surface area contributed by atoms with Gasteiger partial charge in [0.2, 0.25) is 0 Å². The predicted molar refractivity (Wildman–Crippen MR) is 82.1 cm³/mol. The molecular formula is C17H16F3NO2. The van der Waals surface area contributed by atoms with Gasteiger partial charge in [-0.25, -0.2) is 18.0 Å². The average molecular weight is 323 g/mol. The molecule has 0 saturated carbocycles. The number of rotatable bonds is 5. The Morgan fingerprint density at radius 2 is 1.78 bits per heavy atom. The van der Waals surface area contributed by atoms with Crippen molar-refractivity contribution in [3.63, 3.8) is 0 Å². The van der Waals surface area contributed by atoms with Gasteiger partial charge in [-0.05, 0) is 41.8 Å². The third kappa shape index (κ3) is 3.83. The third-order valence-corrected chi connectivity index (χ3v) is 3.43. The standard InChI is InChI=1S/C17H16F3NO2/c1-9(2)13-8-11(18)4-6-14(13)21-15-7-10(16(19)20)3-5-12(15)17(22)23/h3-9,16,21H,1-2H3,(H,22,23). The van der Waals surface area contributed by atoms with Crippen LogP contribution in [-0.2, 0) is 0 Å². The zero-order valence-corrected chi connectivity index (χ0v) is 12.6. The Balaban J connectivity index is 2.50. The molecule has 0 aliphatic rings. The summed E-state index contributed by atoms with van der Waals surface area (Å²) >= 11 is 0. The highest BCUT2D eigenvalue weighted by Gasteiger charge is 2.16. The second-order valence-electron chi connectivity index (χ2n) is 5.42. The fourth-order valence-corrected chi connectivity index (χ4v) is 2.26. The Kier molecular flexibility index (Phi) is 4.93. The number of halogens is 3. The van der Waals surface area contributed by atoms with Gasteiger partial charge in [0.25, 0.3) is 6.43 Å². The van der Waals surface area contributed by atoms with Crippen molar-refractivity contribution in [3.8, 4) is 0 Å². The van der Waals surface area contributed by atoms with Gasteiger partial charge in [0.05, 0.1) is 11.3 Å². The molecule has 0 spiro atoms. The highest BCUT2D eigenvalue weighted by atomic mass is 19.3. The second-order valence-corrected chi connectivity index (χ2v) is 5.42. The van der Waals surface area contributed by atoms with Gasteiger partial charge in [-0.1, -0.05) is 19.9 Å². The predicted octanol–water partition coefficient (Wildman–Crippen LogP) is 5.33. The molecule has 0 radical (unpaired) electrons. The van der Waals surface area contributed by atoms with Crippen LogP contribution in [0.25, 0.3) is 0 Å². The first-order valence-corrected chi connectivity index (χ1v) is 7.01. The maximum absolute atomic E-state index is 13.4. The molecule has 2 N–H and O–H groups in total. The highest BCUT2D eigenvalue weighted by Crippen LogP contribution is 2.31. The van der Waals surface area contributed by atoms with Crippen LogP contribution in [0.2, 0.25) is 0 Å². The number of nitrogens with one attached hydrogen (secondary N) is 1. The maximum atomic E-state index is 13.4. The first-order chi connectivity index (χ1) is 10.8. The van der Waals surface area contributed by atoms with E-state index in [9.17, 15) is 23.1 Å². The van der Waals surface area contributed by atoms with E-state index in [2.05, 4.69) is 5.32 Å². The molecule has 23 heavy (non-hydrogen) atoms. The van der Waals surface area contributed by atoms with Crippen LogP contribution in [-0.4, -0.2) is 11.1 Å². The van der Waals surface area contributed by atoms with Gasteiger partial charge in [0.1, 0.15) is 5.82 Å². The molecule has 0 aromatic heterocycles. The van der Waals surface area contributed by atoms with Crippen molar-refractivity contribution >= 4 is 17.3 Å². The summed E-state index contributed by atoms with van der Waals surface area (Å²) in [5.74, 6) is -1.68. The molecule has 0 saturated heterocycles. The van der Waals surface area contributed by atoms with Crippen molar-refractivity contribution in [3.05, 3.63) is 58.9 Å². The van der Waals surface area contributed by atoms with Crippen molar-refractivity contribution in [2.75, 3.05) is 5.32 Å². The van der Waals surface area contributed by atoms with Gasteiger partial charge in [-0.15, -0.1) is 0 Å². The van der Waals surface area contributed by atoms with Crippen LogP contribution in [0.4, 0.5) is 24.5 Å². The zero-order chi connectivity index (χ0) is 17.1. The van der Waals surface area contributed by atoms with E-state index in [-0.39, 0.29) is 22.7 Å². The molecule has 0 unspecified atom stereocenters. The summed E-state index contributed by atoms with van der Waals surface area (Å²) in [6.07, 6.45) is -2.71. The number of alkyl halides is 2. The van der Waals surface area contributed by atoms with E-state index in [0.717, 1.165) is 18.2 Å². The van der Waals surface area contributed by atoms with E-state index in [1.807, 2.05) is 13.8 Å². The lowest BCUT2D eigenvalue weighted by Crippen LogP contribution is -2.06. The number of aromatic carboxylic acids is 1. The fraction of sp³-hybridized carbons (Fsp3) is 0.235. The lowest BCUT2D eigenvalue weighted by molar-refractivity contribution is 0.0697. The molecule has 6 heteroatoms. The van der Waals surface area contributed by atoms with Crippen molar-refractivity contribution in [2.24, 2.45) is 0 Å². The number of carboxylic acids is 1. The first kappa shape index (κ1) is 16.9. The number of hydrogen-bond donors (Lipinski definition) is 2. The molecule has 2 aromatic carbocycles. The minimum Gasteiger partial charge on any atom is -0.478 e. The van der Waals surface area contributed by atoms with Gasteiger partial charge >= 0.3 is 5.97 Å². The van der Waals surface area contributed by atoms with Gasteiger partial charge < -0.3 is 10.4 Å². The molecule has 0 fully saturated rings. The largest absolute Gasteiger partial charge is 0.478 e. The molecule has 3 nitrogen and oxygen atoms in total. The number of benzene rings is 2. The van der Waals surface area contributed by atoms with Crippen LogP contribution in [0.3, 0.4) is 0 Å². The Labute approximate surface area is 131 Å². The SMILES string of the molecule is CC(C)c1cc(F)ccc1Nc1cc(C(F)F)ccc1C(=O)O. The summed E-state index contributed by atoms with van der Waals surface area (Å²) in [6, 6.07) is 7.33. The van der Waals surface area contributed by atoms with Crippen molar-refractivity contribution in [2.45, 2.75) is 26.2 Å². The van der Waals surface area contributed by atoms with E-state index in [1.165, 1.54) is 18.2 Å². The fourth-order valence-electron chi connectivity index (χ4n) is 2.26. The van der Waals surface area contributed by atoms with E-state index in [4.69, 9.17) is 0 Å². The number of anilines is 2. The Morgan fingerprint density at radius 3 is 2.35 bits per heavy atom. The van der Waals surface area contributed by atoms with Crippen molar-refractivity contribution in [1.29, 1.82) is 0 Å². The number of carbonyl (C=O) groups is 1. The van der Waals surface area contributed by atoms with Crippen LogP contribution in [0.5, 0.6) is 0 Å². The lowest BCUT2D eigenvalue weighted by Gasteiger charge is -2.17. The molecule has 2 aromatic rings. The number of carboxylic acid groups (broad SMARTS) is 1. The lowest BCUT2D eigenvalue weighted by atomic mass is 10.00. The monoisotopic (exact) mass is 323 g/mol. The summed E-state index contributed by atoms with van der Waals surface area (Å²) in [5.41, 5.74) is 0.738. The molecule has 0 aliphatic carbocycles. The molecular weight excluding hydrogens is 307 g/mol. The van der Waals surface area contributed by atoms with Crippen molar-refractivity contribution < 1.29 is 23.1 Å².